The van der Waals surface area contributed by atoms with Crippen molar-refractivity contribution < 1.29 is 13.9 Å². The van der Waals surface area contributed by atoms with Crippen molar-refractivity contribution in [2.75, 3.05) is 33.0 Å². The zero-order valence-corrected chi connectivity index (χ0v) is 10.8. The third-order valence-corrected chi connectivity index (χ3v) is 2.16. The van der Waals surface area contributed by atoms with Crippen LogP contribution in [0.25, 0.3) is 0 Å². The van der Waals surface area contributed by atoms with Crippen LogP contribution in [0.15, 0.2) is 23.0 Å². The van der Waals surface area contributed by atoms with Crippen molar-refractivity contribution in [3.05, 3.63) is 24.2 Å². The molecule has 0 saturated carbocycles. The van der Waals surface area contributed by atoms with E-state index in [1.807, 2.05) is 6.07 Å². The molecule has 0 fully saturated rings. The lowest BCUT2D eigenvalue weighted by molar-refractivity contribution is 0.0387. The first-order valence-electron chi connectivity index (χ1n) is 6.16. The number of rotatable bonds is 10. The fraction of sp³-hybridized carbons (Fsp3) is 0.692. The van der Waals surface area contributed by atoms with Crippen molar-refractivity contribution in [3.8, 4) is 0 Å². The molecule has 1 aromatic rings. The van der Waals surface area contributed by atoms with Gasteiger partial charge in [-0.25, -0.2) is 0 Å². The van der Waals surface area contributed by atoms with Gasteiger partial charge >= 0.3 is 0 Å². The van der Waals surface area contributed by atoms with Crippen molar-refractivity contribution in [1.29, 1.82) is 0 Å². The summed E-state index contributed by atoms with van der Waals surface area (Å²) in [6, 6.07) is 1.95. The van der Waals surface area contributed by atoms with E-state index < -0.39 is 0 Å². The molecule has 0 aliphatic heterocycles. The second-order valence-corrected chi connectivity index (χ2v) is 4.39. The first-order chi connectivity index (χ1) is 8.29. The number of hydrogen-bond donors (Lipinski definition) is 1. The molecule has 98 valence electrons. The Labute approximate surface area is 103 Å². The van der Waals surface area contributed by atoms with Crippen molar-refractivity contribution in [1.82, 2.24) is 5.32 Å². The molecule has 0 spiro atoms. The Kier molecular flexibility index (Phi) is 7.71. The lowest BCUT2D eigenvalue weighted by Gasteiger charge is -2.07. The van der Waals surface area contributed by atoms with Gasteiger partial charge in [-0.1, -0.05) is 13.8 Å². The topological polar surface area (TPSA) is 43.6 Å². The largest absolute Gasteiger partial charge is 0.472 e. The molecular formula is C13H23NO3. The van der Waals surface area contributed by atoms with E-state index >= 15 is 0 Å². The van der Waals surface area contributed by atoms with E-state index in [9.17, 15) is 0 Å². The first kappa shape index (κ1) is 14.2. The van der Waals surface area contributed by atoms with Crippen LogP contribution < -0.4 is 5.32 Å². The standard InChI is InChI=1S/C13H23NO3/c1-12(2)10-17-8-7-15-6-4-14-9-13-3-5-16-11-13/h3,5,11-12,14H,4,6-10H2,1-2H3. The molecule has 4 nitrogen and oxygen atoms in total. The number of nitrogens with one attached hydrogen (secondary N) is 1. The van der Waals surface area contributed by atoms with Crippen molar-refractivity contribution >= 4 is 0 Å². The highest BCUT2D eigenvalue weighted by Gasteiger charge is 1.95. The summed E-state index contributed by atoms with van der Waals surface area (Å²) in [5.74, 6) is 0.589. The maximum Gasteiger partial charge on any atom is 0.0947 e. The summed E-state index contributed by atoms with van der Waals surface area (Å²) >= 11 is 0. The molecule has 0 aromatic carbocycles. The number of ether oxygens (including phenoxy) is 2. The third-order valence-electron chi connectivity index (χ3n) is 2.16. The van der Waals surface area contributed by atoms with Gasteiger partial charge in [-0.2, -0.15) is 0 Å². The van der Waals surface area contributed by atoms with Gasteiger partial charge in [0.25, 0.3) is 0 Å². The van der Waals surface area contributed by atoms with E-state index in [4.69, 9.17) is 13.9 Å². The average molecular weight is 241 g/mol. The van der Waals surface area contributed by atoms with Crippen LogP contribution in [0.3, 0.4) is 0 Å². The highest BCUT2D eigenvalue weighted by molar-refractivity contribution is 5.04. The normalized spacial score (nSPS) is 11.2. The van der Waals surface area contributed by atoms with Crippen LogP contribution in [0.5, 0.6) is 0 Å². The van der Waals surface area contributed by atoms with Crippen LogP contribution in [0.2, 0.25) is 0 Å². The molecule has 1 heterocycles. The lowest BCUT2D eigenvalue weighted by Crippen LogP contribution is -2.20. The number of hydrogen-bond acceptors (Lipinski definition) is 4. The van der Waals surface area contributed by atoms with Crippen molar-refractivity contribution in [2.24, 2.45) is 5.92 Å². The van der Waals surface area contributed by atoms with Gasteiger partial charge in [0.05, 0.1) is 32.3 Å². The van der Waals surface area contributed by atoms with Crippen LogP contribution in [0.1, 0.15) is 19.4 Å². The summed E-state index contributed by atoms with van der Waals surface area (Å²) in [4.78, 5) is 0. The minimum atomic E-state index is 0.589. The second kappa shape index (κ2) is 9.22. The highest BCUT2D eigenvalue weighted by atomic mass is 16.5. The molecule has 0 radical (unpaired) electrons. The van der Waals surface area contributed by atoms with Crippen LogP contribution in [0, 0.1) is 5.92 Å². The molecular weight excluding hydrogens is 218 g/mol. The summed E-state index contributed by atoms with van der Waals surface area (Å²) < 4.78 is 15.8. The van der Waals surface area contributed by atoms with Gasteiger partial charge in [0, 0.05) is 25.3 Å². The highest BCUT2D eigenvalue weighted by Crippen LogP contribution is 1.97. The van der Waals surface area contributed by atoms with Crippen LogP contribution in [0.4, 0.5) is 0 Å². The Morgan fingerprint density at radius 2 is 2.06 bits per heavy atom. The monoisotopic (exact) mass is 241 g/mol. The maximum atomic E-state index is 5.42. The first-order valence-corrected chi connectivity index (χ1v) is 6.16. The number of furan rings is 1. The van der Waals surface area contributed by atoms with E-state index in [0.717, 1.165) is 25.3 Å². The summed E-state index contributed by atoms with van der Waals surface area (Å²) in [5, 5.41) is 3.27. The Morgan fingerprint density at radius 3 is 2.76 bits per heavy atom. The summed E-state index contributed by atoms with van der Waals surface area (Å²) in [6.45, 7) is 8.81. The molecule has 0 aliphatic carbocycles. The van der Waals surface area contributed by atoms with E-state index in [1.54, 1.807) is 12.5 Å². The molecule has 4 heteroatoms. The minimum Gasteiger partial charge on any atom is -0.472 e. The molecule has 0 bridgehead atoms. The van der Waals surface area contributed by atoms with Crippen LogP contribution in [-0.4, -0.2) is 33.0 Å². The SMILES string of the molecule is CC(C)COCCOCCNCc1ccoc1. The third kappa shape index (κ3) is 7.96. The van der Waals surface area contributed by atoms with Crippen LogP contribution in [-0.2, 0) is 16.0 Å². The van der Waals surface area contributed by atoms with Crippen LogP contribution >= 0.6 is 0 Å². The summed E-state index contributed by atoms with van der Waals surface area (Å²) in [6.07, 6.45) is 3.42. The fourth-order valence-corrected chi connectivity index (χ4v) is 1.31. The van der Waals surface area contributed by atoms with Crippen molar-refractivity contribution in [3.63, 3.8) is 0 Å². The van der Waals surface area contributed by atoms with Gasteiger partial charge in [-0.15, -0.1) is 0 Å². The van der Waals surface area contributed by atoms with E-state index in [2.05, 4.69) is 19.2 Å². The van der Waals surface area contributed by atoms with E-state index in [1.165, 1.54) is 0 Å². The zero-order valence-electron chi connectivity index (χ0n) is 10.8. The lowest BCUT2D eigenvalue weighted by atomic mass is 10.2. The molecule has 1 rings (SSSR count). The smallest absolute Gasteiger partial charge is 0.0947 e. The predicted octanol–water partition coefficient (Wildman–Crippen LogP) is 2.06. The Hall–Kier alpha value is -0.840. The molecule has 1 N–H and O–H groups in total. The Balaban J connectivity index is 1.79. The Bertz CT molecular complexity index is 260. The molecule has 1 aromatic heterocycles. The van der Waals surface area contributed by atoms with Gasteiger partial charge in [0.1, 0.15) is 0 Å². The predicted molar refractivity (Wildman–Crippen MR) is 66.9 cm³/mol. The van der Waals surface area contributed by atoms with E-state index in [0.29, 0.717) is 25.7 Å². The van der Waals surface area contributed by atoms with Gasteiger partial charge in [-0.3, -0.25) is 0 Å². The maximum absolute atomic E-state index is 5.42. The summed E-state index contributed by atoms with van der Waals surface area (Å²) in [7, 11) is 0. The van der Waals surface area contributed by atoms with E-state index in [-0.39, 0.29) is 0 Å². The molecule has 0 saturated heterocycles. The molecule has 0 amide bonds. The second-order valence-electron chi connectivity index (χ2n) is 4.39. The zero-order chi connectivity index (χ0) is 12.3. The molecule has 17 heavy (non-hydrogen) atoms. The fourth-order valence-electron chi connectivity index (χ4n) is 1.31. The summed E-state index contributed by atoms with van der Waals surface area (Å²) in [5.41, 5.74) is 1.16. The molecule has 0 unspecified atom stereocenters. The quantitative estimate of drug-likeness (QED) is 0.637. The molecule has 0 aliphatic rings. The van der Waals surface area contributed by atoms with Gasteiger partial charge < -0.3 is 19.2 Å². The average Bonchev–Trinajstić information content (AvgIpc) is 2.79. The van der Waals surface area contributed by atoms with Gasteiger partial charge in [0.15, 0.2) is 0 Å². The minimum absolute atomic E-state index is 0.589. The molecule has 0 atom stereocenters. The van der Waals surface area contributed by atoms with Gasteiger partial charge in [-0.05, 0) is 12.0 Å². The van der Waals surface area contributed by atoms with Crippen molar-refractivity contribution in [2.45, 2.75) is 20.4 Å². The Morgan fingerprint density at radius 1 is 1.24 bits per heavy atom. The van der Waals surface area contributed by atoms with Gasteiger partial charge in [0.2, 0.25) is 0 Å².